The lowest BCUT2D eigenvalue weighted by atomic mass is 9.85. The Balaban J connectivity index is 1.89. The first-order valence-electron chi connectivity index (χ1n) is 7.75. The second-order valence-electron chi connectivity index (χ2n) is 5.94. The van der Waals surface area contributed by atoms with E-state index in [0.29, 0.717) is 6.04 Å². The minimum atomic E-state index is 0.450. The van der Waals surface area contributed by atoms with Crippen LogP contribution >= 0.6 is 0 Å². The molecule has 1 aliphatic rings. The van der Waals surface area contributed by atoms with Gasteiger partial charge in [0.05, 0.1) is 0 Å². The van der Waals surface area contributed by atoms with Gasteiger partial charge in [-0.15, -0.1) is 0 Å². The van der Waals surface area contributed by atoms with Gasteiger partial charge in [0.25, 0.3) is 0 Å². The van der Waals surface area contributed by atoms with Crippen molar-refractivity contribution in [3.63, 3.8) is 0 Å². The van der Waals surface area contributed by atoms with Crippen LogP contribution in [0.15, 0.2) is 24.3 Å². The number of hydrogen-bond acceptors (Lipinski definition) is 2. The molecule has 2 nitrogen and oxygen atoms in total. The van der Waals surface area contributed by atoms with Crippen LogP contribution < -0.4 is 10.2 Å². The Morgan fingerprint density at radius 3 is 2.47 bits per heavy atom. The summed E-state index contributed by atoms with van der Waals surface area (Å²) in [6.45, 7) is 6.74. The standard InChI is InChI=1S/C17H28N2/c1-4-12-18-14(2)16-8-10-17(11-9-16)19(3)13-15-6-5-7-15/h8-11,14-15,18H,4-7,12-13H2,1-3H3. The Hall–Kier alpha value is -1.02. The second-order valence-corrected chi connectivity index (χ2v) is 5.94. The van der Waals surface area contributed by atoms with Gasteiger partial charge in [0, 0.05) is 25.3 Å². The second kappa shape index (κ2) is 6.95. The van der Waals surface area contributed by atoms with Crippen molar-refractivity contribution in [2.75, 3.05) is 25.0 Å². The molecular formula is C17H28N2. The Morgan fingerprint density at radius 1 is 1.26 bits per heavy atom. The molecule has 1 saturated carbocycles. The van der Waals surface area contributed by atoms with Gasteiger partial charge in [-0.1, -0.05) is 25.5 Å². The van der Waals surface area contributed by atoms with E-state index in [2.05, 4.69) is 55.4 Å². The van der Waals surface area contributed by atoms with Gasteiger partial charge >= 0.3 is 0 Å². The fraction of sp³-hybridized carbons (Fsp3) is 0.647. The van der Waals surface area contributed by atoms with E-state index in [4.69, 9.17) is 0 Å². The summed E-state index contributed by atoms with van der Waals surface area (Å²) in [4.78, 5) is 2.40. The zero-order chi connectivity index (χ0) is 13.7. The van der Waals surface area contributed by atoms with Crippen LogP contribution in [0.5, 0.6) is 0 Å². The van der Waals surface area contributed by atoms with Gasteiger partial charge in [-0.2, -0.15) is 0 Å². The molecule has 0 aliphatic heterocycles. The fourth-order valence-electron chi connectivity index (χ4n) is 2.66. The average Bonchev–Trinajstić information content (AvgIpc) is 2.40. The molecule has 1 aromatic carbocycles. The first-order chi connectivity index (χ1) is 9.20. The van der Waals surface area contributed by atoms with Crippen LogP contribution in [0, 0.1) is 5.92 Å². The maximum absolute atomic E-state index is 3.53. The first-order valence-corrected chi connectivity index (χ1v) is 7.75. The van der Waals surface area contributed by atoms with Crippen LogP contribution in [0.4, 0.5) is 5.69 Å². The van der Waals surface area contributed by atoms with Gasteiger partial charge in [-0.05, 0) is 56.3 Å². The molecule has 1 aromatic rings. The highest BCUT2D eigenvalue weighted by atomic mass is 15.1. The highest BCUT2D eigenvalue weighted by Gasteiger charge is 2.19. The molecule has 1 atom stereocenters. The summed E-state index contributed by atoms with van der Waals surface area (Å²) in [7, 11) is 2.21. The number of benzene rings is 1. The predicted octanol–water partition coefficient (Wildman–Crippen LogP) is 3.98. The Morgan fingerprint density at radius 2 is 1.95 bits per heavy atom. The highest BCUT2D eigenvalue weighted by molar-refractivity contribution is 5.47. The molecule has 1 aliphatic carbocycles. The van der Waals surface area contributed by atoms with E-state index in [1.165, 1.54) is 43.5 Å². The monoisotopic (exact) mass is 260 g/mol. The normalized spacial score (nSPS) is 17.0. The summed E-state index contributed by atoms with van der Waals surface area (Å²) in [6.07, 6.45) is 5.45. The fourth-order valence-corrected chi connectivity index (χ4v) is 2.66. The molecule has 2 rings (SSSR count). The Kier molecular flexibility index (Phi) is 5.26. The minimum Gasteiger partial charge on any atom is -0.374 e. The third-order valence-electron chi connectivity index (χ3n) is 4.29. The van der Waals surface area contributed by atoms with Gasteiger partial charge in [0.2, 0.25) is 0 Å². The minimum absolute atomic E-state index is 0.450. The van der Waals surface area contributed by atoms with Crippen molar-refractivity contribution in [3.05, 3.63) is 29.8 Å². The smallest absolute Gasteiger partial charge is 0.0363 e. The zero-order valence-electron chi connectivity index (χ0n) is 12.7. The maximum atomic E-state index is 3.53. The summed E-state index contributed by atoms with van der Waals surface area (Å²) in [5, 5.41) is 3.53. The van der Waals surface area contributed by atoms with Crippen molar-refractivity contribution in [2.45, 2.75) is 45.6 Å². The first kappa shape index (κ1) is 14.4. The summed E-state index contributed by atoms with van der Waals surface area (Å²) in [5.74, 6) is 0.926. The molecule has 106 valence electrons. The topological polar surface area (TPSA) is 15.3 Å². The molecule has 0 aromatic heterocycles. The number of hydrogen-bond donors (Lipinski definition) is 1. The van der Waals surface area contributed by atoms with Gasteiger partial charge in [-0.25, -0.2) is 0 Å². The number of nitrogens with one attached hydrogen (secondary N) is 1. The molecule has 0 saturated heterocycles. The van der Waals surface area contributed by atoms with Crippen LogP contribution in [0.1, 0.15) is 51.1 Å². The van der Waals surface area contributed by atoms with Crippen molar-refractivity contribution in [2.24, 2.45) is 5.92 Å². The summed E-state index contributed by atoms with van der Waals surface area (Å²) in [6, 6.07) is 9.50. The molecule has 0 bridgehead atoms. The lowest BCUT2D eigenvalue weighted by molar-refractivity contribution is 0.321. The molecule has 0 heterocycles. The van der Waals surface area contributed by atoms with Crippen LogP contribution in [0.2, 0.25) is 0 Å². The summed E-state index contributed by atoms with van der Waals surface area (Å²) in [5.41, 5.74) is 2.73. The SMILES string of the molecule is CCCNC(C)c1ccc(N(C)CC2CCC2)cc1. The van der Waals surface area contributed by atoms with Gasteiger partial charge in [0.15, 0.2) is 0 Å². The molecule has 0 amide bonds. The van der Waals surface area contributed by atoms with E-state index in [-0.39, 0.29) is 0 Å². The summed E-state index contributed by atoms with van der Waals surface area (Å²) < 4.78 is 0. The third-order valence-corrected chi connectivity index (χ3v) is 4.29. The van der Waals surface area contributed by atoms with Crippen molar-refractivity contribution in [1.82, 2.24) is 5.32 Å². The number of nitrogens with zero attached hydrogens (tertiary/aromatic N) is 1. The van der Waals surface area contributed by atoms with E-state index in [1.807, 2.05) is 0 Å². The van der Waals surface area contributed by atoms with Crippen molar-refractivity contribution in [1.29, 1.82) is 0 Å². The zero-order valence-corrected chi connectivity index (χ0v) is 12.7. The van der Waals surface area contributed by atoms with Crippen molar-refractivity contribution in [3.8, 4) is 0 Å². The van der Waals surface area contributed by atoms with E-state index in [0.717, 1.165) is 12.5 Å². The molecule has 2 heteroatoms. The van der Waals surface area contributed by atoms with E-state index >= 15 is 0 Å². The van der Waals surface area contributed by atoms with Crippen LogP contribution in [0.3, 0.4) is 0 Å². The van der Waals surface area contributed by atoms with E-state index in [9.17, 15) is 0 Å². The van der Waals surface area contributed by atoms with Crippen molar-refractivity contribution < 1.29 is 0 Å². The Labute approximate surface area is 118 Å². The predicted molar refractivity (Wildman–Crippen MR) is 83.8 cm³/mol. The van der Waals surface area contributed by atoms with Crippen LogP contribution in [-0.4, -0.2) is 20.1 Å². The third kappa shape index (κ3) is 3.97. The molecular weight excluding hydrogens is 232 g/mol. The van der Waals surface area contributed by atoms with Gasteiger partial charge in [-0.3, -0.25) is 0 Å². The largest absolute Gasteiger partial charge is 0.374 e. The molecule has 1 unspecified atom stereocenters. The van der Waals surface area contributed by atoms with Crippen LogP contribution in [0.25, 0.3) is 0 Å². The lowest BCUT2D eigenvalue weighted by Gasteiger charge is -2.31. The molecule has 1 N–H and O–H groups in total. The highest BCUT2D eigenvalue weighted by Crippen LogP contribution is 2.28. The molecule has 19 heavy (non-hydrogen) atoms. The quantitative estimate of drug-likeness (QED) is 0.797. The average molecular weight is 260 g/mol. The Bertz CT molecular complexity index is 367. The van der Waals surface area contributed by atoms with Gasteiger partial charge in [0.1, 0.15) is 0 Å². The van der Waals surface area contributed by atoms with Gasteiger partial charge < -0.3 is 10.2 Å². The number of anilines is 1. The molecule has 0 spiro atoms. The van der Waals surface area contributed by atoms with Crippen molar-refractivity contribution >= 4 is 5.69 Å². The molecule has 0 radical (unpaired) electrons. The van der Waals surface area contributed by atoms with E-state index in [1.54, 1.807) is 0 Å². The summed E-state index contributed by atoms with van der Waals surface area (Å²) >= 11 is 0. The number of rotatable bonds is 7. The maximum Gasteiger partial charge on any atom is 0.0363 e. The molecule has 1 fully saturated rings. The van der Waals surface area contributed by atoms with E-state index < -0.39 is 0 Å². The lowest BCUT2D eigenvalue weighted by Crippen LogP contribution is -2.29. The van der Waals surface area contributed by atoms with Crippen LogP contribution in [-0.2, 0) is 0 Å².